The molecule has 0 aromatic carbocycles. The molecule has 2 heterocycles. The summed E-state index contributed by atoms with van der Waals surface area (Å²) in [5, 5.41) is 7.69. The van der Waals surface area contributed by atoms with Crippen molar-refractivity contribution in [1.82, 2.24) is 19.7 Å². The predicted molar refractivity (Wildman–Crippen MR) is 76.1 cm³/mol. The van der Waals surface area contributed by atoms with Gasteiger partial charge >= 0.3 is 0 Å². The fourth-order valence-corrected chi connectivity index (χ4v) is 3.43. The molecule has 0 bridgehead atoms. The third-order valence-corrected chi connectivity index (χ3v) is 4.55. The van der Waals surface area contributed by atoms with Gasteiger partial charge in [0.15, 0.2) is 11.6 Å². The molecule has 102 valence electrons. The zero-order valence-electron chi connectivity index (χ0n) is 11.2. The second-order valence-electron chi connectivity index (χ2n) is 5.06. The molecule has 0 unspecified atom stereocenters. The molecule has 1 aliphatic carbocycles. The molecule has 2 aromatic rings. The van der Waals surface area contributed by atoms with Gasteiger partial charge in [0, 0.05) is 24.8 Å². The van der Waals surface area contributed by atoms with Crippen molar-refractivity contribution in [1.29, 1.82) is 0 Å². The maximum atomic E-state index is 5.56. The quantitative estimate of drug-likeness (QED) is 0.929. The summed E-state index contributed by atoms with van der Waals surface area (Å²) in [5.74, 6) is 2.41. The Bertz CT molecular complexity index is 553. The fourth-order valence-electron chi connectivity index (χ4n) is 2.64. The minimum absolute atomic E-state index is 0.544. The molecular formula is C13H19N5S. The molecule has 1 fully saturated rings. The van der Waals surface area contributed by atoms with Gasteiger partial charge in [0.2, 0.25) is 0 Å². The summed E-state index contributed by atoms with van der Waals surface area (Å²) in [5.41, 5.74) is 6.48. The van der Waals surface area contributed by atoms with Gasteiger partial charge in [-0.1, -0.05) is 12.8 Å². The maximum absolute atomic E-state index is 5.56. The van der Waals surface area contributed by atoms with E-state index in [9.17, 15) is 0 Å². The molecule has 0 spiro atoms. The van der Waals surface area contributed by atoms with Crippen LogP contribution in [0.1, 0.15) is 42.4 Å². The van der Waals surface area contributed by atoms with Gasteiger partial charge in [0.1, 0.15) is 5.69 Å². The number of thiazole rings is 1. The molecule has 5 nitrogen and oxygen atoms in total. The Morgan fingerprint density at radius 3 is 2.89 bits per heavy atom. The van der Waals surface area contributed by atoms with Crippen molar-refractivity contribution in [3.05, 3.63) is 16.2 Å². The van der Waals surface area contributed by atoms with Crippen molar-refractivity contribution in [3.63, 3.8) is 0 Å². The van der Waals surface area contributed by atoms with E-state index in [-0.39, 0.29) is 0 Å². The van der Waals surface area contributed by atoms with E-state index in [0.717, 1.165) is 28.8 Å². The average Bonchev–Trinajstić information content (AvgIpc) is 3.08. The molecule has 0 atom stereocenters. The maximum Gasteiger partial charge on any atom is 0.177 e. The van der Waals surface area contributed by atoms with E-state index >= 15 is 0 Å². The Labute approximate surface area is 116 Å². The molecule has 0 aliphatic heterocycles. The zero-order valence-corrected chi connectivity index (χ0v) is 12.0. The molecule has 2 N–H and O–H groups in total. The van der Waals surface area contributed by atoms with Crippen LogP contribution in [0.25, 0.3) is 11.5 Å². The Balaban J connectivity index is 1.86. The number of aromatic nitrogens is 4. The summed E-state index contributed by atoms with van der Waals surface area (Å²) in [4.78, 5) is 9.29. The number of hydrogen-bond acceptors (Lipinski definition) is 5. The van der Waals surface area contributed by atoms with Crippen molar-refractivity contribution < 1.29 is 0 Å². The van der Waals surface area contributed by atoms with Crippen LogP contribution in [0.2, 0.25) is 0 Å². The lowest BCUT2D eigenvalue weighted by Gasteiger charge is -2.00. The van der Waals surface area contributed by atoms with Gasteiger partial charge in [-0.15, -0.1) is 11.3 Å². The first-order chi connectivity index (χ1) is 9.28. The summed E-state index contributed by atoms with van der Waals surface area (Å²) in [6.45, 7) is 0.638. The first-order valence-electron chi connectivity index (χ1n) is 6.83. The van der Waals surface area contributed by atoms with E-state index < -0.39 is 0 Å². The lowest BCUT2D eigenvalue weighted by atomic mass is 10.1. The van der Waals surface area contributed by atoms with Gasteiger partial charge in [0.05, 0.1) is 5.01 Å². The Hall–Kier alpha value is -1.27. The van der Waals surface area contributed by atoms with Gasteiger partial charge in [-0.05, 0) is 19.4 Å². The second kappa shape index (κ2) is 5.38. The average molecular weight is 277 g/mol. The highest BCUT2D eigenvalue weighted by atomic mass is 32.1. The first-order valence-corrected chi connectivity index (χ1v) is 7.71. The SMILES string of the molecule is Cn1nc(C2CCCC2)nc1-c1csc(CCN)n1. The third kappa shape index (κ3) is 2.55. The topological polar surface area (TPSA) is 69.6 Å². The lowest BCUT2D eigenvalue weighted by Crippen LogP contribution is -2.02. The Morgan fingerprint density at radius 2 is 2.16 bits per heavy atom. The zero-order chi connectivity index (χ0) is 13.2. The number of aryl methyl sites for hydroxylation is 1. The van der Waals surface area contributed by atoms with Crippen LogP contribution in [-0.4, -0.2) is 26.3 Å². The van der Waals surface area contributed by atoms with E-state index in [1.165, 1.54) is 25.7 Å². The van der Waals surface area contributed by atoms with Gasteiger partial charge in [-0.25, -0.2) is 14.6 Å². The van der Waals surface area contributed by atoms with Crippen LogP contribution in [0, 0.1) is 0 Å². The highest BCUT2D eigenvalue weighted by Gasteiger charge is 2.23. The largest absolute Gasteiger partial charge is 0.330 e. The Kier molecular flexibility index (Phi) is 3.61. The molecule has 1 aliphatic rings. The minimum atomic E-state index is 0.544. The van der Waals surface area contributed by atoms with Crippen molar-refractivity contribution in [2.75, 3.05) is 6.54 Å². The van der Waals surface area contributed by atoms with Gasteiger partial charge in [0.25, 0.3) is 0 Å². The lowest BCUT2D eigenvalue weighted by molar-refractivity contribution is 0.648. The Morgan fingerprint density at radius 1 is 1.37 bits per heavy atom. The first kappa shape index (κ1) is 12.7. The smallest absolute Gasteiger partial charge is 0.177 e. The number of nitrogens with zero attached hydrogens (tertiary/aromatic N) is 4. The molecule has 6 heteroatoms. The molecule has 3 rings (SSSR count). The summed E-state index contributed by atoms with van der Waals surface area (Å²) in [6.07, 6.45) is 5.88. The summed E-state index contributed by atoms with van der Waals surface area (Å²) in [6, 6.07) is 0. The normalized spacial score (nSPS) is 16.3. The van der Waals surface area contributed by atoms with Crippen LogP contribution in [0.5, 0.6) is 0 Å². The van der Waals surface area contributed by atoms with Crippen molar-refractivity contribution >= 4 is 11.3 Å². The van der Waals surface area contributed by atoms with E-state index in [0.29, 0.717) is 12.5 Å². The number of hydrogen-bond donors (Lipinski definition) is 1. The van der Waals surface area contributed by atoms with E-state index in [1.807, 2.05) is 17.1 Å². The molecule has 1 saturated carbocycles. The standard InChI is InChI=1S/C13H19N5S/c1-18-13(10-8-19-11(15-10)6-7-14)16-12(17-18)9-4-2-3-5-9/h8-9H,2-7,14H2,1H3. The molecule has 19 heavy (non-hydrogen) atoms. The minimum Gasteiger partial charge on any atom is -0.330 e. The van der Waals surface area contributed by atoms with E-state index in [4.69, 9.17) is 10.7 Å². The van der Waals surface area contributed by atoms with Crippen molar-refractivity contribution in [3.8, 4) is 11.5 Å². The highest BCUT2D eigenvalue weighted by molar-refractivity contribution is 7.09. The van der Waals surface area contributed by atoms with Gasteiger partial charge in [-0.2, -0.15) is 5.10 Å². The van der Waals surface area contributed by atoms with Crippen LogP contribution in [-0.2, 0) is 13.5 Å². The summed E-state index contributed by atoms with van der Waals surface area (Å²) in [7, 11) is 1.95. The van der Waals surface area contributed by atoms with Gasteiger partial charge < -0.3 is 5.73 Å². The van der Waals surface area contributed by atoms with Crippen LogP contribution in [0.4, 0.5) is 0 Å². The molecular weight excluding hydrogens is 258 g/mol. The highest BCUT2D eigenvalue weighted by Crippen LogP contribution is 2.33. The fraction of sp³-hybridized carbons (Fsp3) is 0.615. The molecule has 0 saturated heterocycles. The van der Waals surface area contributed by atoms with Crippen LogP contribution in [0.3, 0.4) is 0 Å². The van der Waals surface area contributed by atoms with Crippen LogP contribution < -0.4 is 5.73 Å². The second-order valence-corrected chi connectivity index (χ2v) is 6.01. The van der Waals surface area contributed by atoms with Crippen molar-refractivity contribution in [2.45, 2.75) is 38.0 Å². The van der Waals surface area contributed by atoms with Crippen LogP contribution in [0.15, 0.2) is 5.38 Å². The predicted octanol–water partition coefficient (Wildman–Crippen LogP) is 2.10. The molecule has 2 aromatic heterocycles. The number of nitrogens with two attached hydrogens (primary N) is 1. The molecule has 0 amide bonds. The summed E-state index contributed by atoms with van der Waals surface area (Å²) < 4.78 is 1.86. The van der Waals surface area contributed by atoms with Crippen molar-refractivity contribution in [2.24, 2.45) is 12.8 Å². The third-order valence-electron chi connectivity index (χ3n) is 3.64. The van der Waals surface area contributed by atoms with E-state index in [2.05, 4.69) is 10.1 Å². The van der Waals surface area contributed by atoms with Crippen LogP contribution >= 0.6 is 11.3 Å². The summed E-state index contributed by atoms with van der Waals surface area (Å²) >= 11 is 1.65. The molecule has 0 radical (unpaired) electrons. The number of rotatable bonds is 4. The van der Waals surface area contributed by atoms with E-state index in [1.54, 1.807) is 11.3 Å². The monoisotopic (exact) mass is 277 g/mol. The van der Waals surface area contributed by atoms with Gasteiger partial charge in [-0.3, -0.25) is 0 Å².